The molecule has 0 radical (unpaired) electrons. The number of rotatable bonds is 2. The van der Waals surface area contributed by atoms with E-state index in [1.807, 2.05) is 30.3 Å². The molecule has 94 valence electrons. The summed E-state index contributed by atoms with van der Waals surface area (Å²) >= 11 is 6.13. The lowest BCUT2D eigenvalue weighted by Crippen LogP contribution is -2.13. The molecule has 2 aromatic rings. The average molecular weight is 272 g/mol. The van der Waals surface area contributed by atoms with Crippen LogP contribution in [0.15, 0.2) is 36.5 Å². The van der Waals surface area contributed by atoms with Gasteiger partial charge in [0.15, 0.2) is 0 Å². The quantitative estimate of drug-likeness (QED) is 0.911. The summed E-state index contributed by atoms with van der Waals surface area (Å²) in [6.07, 6.45) is 1.56. The third-order valence-corrected chi connectivity index (χ3v) is 3.40. The van der Waals surface area contributed by atoms with E-state index in [4.69, 9.17) is 21.6 Å². The molecule has 1 aliphatic heterocycles. The Morgan fingerprint density at radius 2 is 2.21 bits per heavy atom. The lowest BCUT2D eigenvalue weighted by molar-refractivity contribution is 0.339. The van der Waals surface area contributed by atoms with Crippen LogP contribution < -0.4 is 10.1 Å². The van der Waals surface area contributed by atoms with Crippen molar-refractivity contribution in [3.63, 3.8) is 0 Å². The fraction of sp³-hybridized carbons (Fsp3) is 0.143. The van der Waals surface area contributed by atoms with E-state index in [1.165, 1.54) is 0 Å². The van der Waals surface area contributed by atoms with Gasteiger partial charge in [0, 0.05) is 11.8 Å². The smallest absolute Gasteiger partial charge is 0.146 e. The minimum atomic E-state index is -0.00450. The second-order valence-corrected chi connectivity index (χ2v) is 4.56. The van der Waals surface area contributed by atoms with E-state index < -0.39 is 0 Å². The molecule has 0 aliphatic carbocycles. The number of nitrogens with zero attached hydrogens (tertiary/aromatic N) is 2. The predicted molar refractivity (Wildman–Crippen MR) is 72.3 cm³/mol. The minimum Gasteiger partial charge on any atom is -0.491 e. The van der Waals surface area contributed by atoms with E-state index in [0.29, 0.717) is 23.0 Å². The van der Waals surface area contributed by atoms with Crippen molar-refractivity contribution < 1.29 is 4.74 Å². The van der Waals surface area contributed by atoms with Crippen molar-refractivity contribution in [2.75, 3.05) is 11.9 Å². The summed E-state index contributed by atoms with van der Waals surface area (Å²) in [7, 11) is 0. The predicted octanol–water partition coefficient (Wildman–Crippen LogP) is 3.15. The largest absolute Gasteiger partial charge is 0.491 e. The van der Waals surface area contributed by atoms with Gasteiger partial charge in [-0.3, -0.25) is 0 Å². The second kappa shape index (κ2) is 4.79. The van der Waals surface area contributed by atoms with E-state index in [1.54, 1.807) is 12.3 Å². The van der Waals surface area contributed by atoms with Crippen molar-refractivity contribution in [1.82, 2.24) is 4.98 Å². The molecule has 1 atom stereocenters. The number of halogens is 1. The van der Waals surface area contributed by atoms with Crippen molar-refractivity contribution in [2.24, 2.45) is 0 Å². The monoisotopic (exact) mass is 271 g/mol. The average Bonchev–Trinajstić information content (AvgIpc) is 2.85. The molecular weight excluding hydrogens is 262 g/mol. The molecule has 0 fully saturated rings. The van der Waals surface area contributed by atoms with Crippen LogP contribution in [0.4, 0.5) is 5.82 Å². The number of nitriles is 1. The van der Waals surface area contributed by atoms with Crippen molar-refractivity contribution >= 4 is 17.4 Å². The van der Waals surface area contributed by atoms with Crippen LogP contribution in [0.2, 0.25) is 5.02 Å². The van der Waals surface area contributed by atoms with Gasteiger partial charge in [-0.05, 0) is 12.1 Å². The fourth-order valence-electron chi connectivity index (χ4n) is 2.08. The molecule has 19 heavy (non-hydrogen) atoms. The third-order valence-electron chi connectivity index (χ3n) is 3.02. The molecule has 2 heterocycles. The molecule has 0 amide bonds. The summed E-state index contributed by atoms with van der Waals surface area (Å²) in [4.78, 5) is 4.17. The highest BCUT2D eigenvalue weighted by Crippen LogP contribution is 2.35. The third kappa shape index (κ3) is 2.09. The van der Waals surface area contributed by atoms with Gasteiger partial charge >= 0.3 is 0 Å². The van der Waals surface area contributed by atoms with Crippen molar-refractivity contribution in [2.45, 2.75) is 6.04 Å². The maximum atomic E-state index is 8.95. The minimum absolute atomic E-state index is 0.00450. The Morgan fingerprint density at radius 3 is 3.05 bits per heavy atom. The molecule has 0 spiro atoms. The standard InChI is InChI=1S/C14H10ClN3O/c15-13-9(7-16)5-6-17-14(13)18-11-8-19-12-4-2-1-3-10(11)12/h1-6,11H,8H2,(H,17,18). The van der Waals surface area contributed by atoms with Crippen LogP contribution in [0.5, 0.6) is 5.75 Å². The second-order valence-electron chi connectivity index (χ2n) is 4.18. The number of anilines is 1. The number of ether oxygens (including phenoxy) is 1. The molecule has 1 N–H and O–H groups in total. The van der Waals surface area contributed by atoms with Crippen LogP contribution in [0.3, 0.4) is 0 Å². The molecule has 5 heteroatoms. The normalized spacial score (nSPS) is 16.3. The Hall–Kier alpha value is -2.25. The van der Waals surface area contributed by atoms with E-state index in [2.05, 4.69) is 10.3 Å². The van der Waals surface area contributed by atoms with Gasteiger partial charge in [-0.15, -0.1) is 0 Å². The summed E-state index contributed by atoms with van der Waals surface area (Å²) in [5.74, 6) is 1.37. The maximum absolute atomic E-state index is 8.95. The molecular formula is C14H10ClN3O. The Morgan fingerprint density at radius 1 is 1.37 bits per heavy atom. The zero-order valence-corrected chi connectivity index (χ0v) is 10.7. The van der Waals surface area contributed by atoms with E-state index in [0.717, 1.165) is 11.3 Å². The Labute approximate surface area is 115 Å². The molecule has 1 aromatic carbocycles. The first-order valence-corrected chi connectivity index (χ1v) is 6.20. The molecule has 1 aromatic heterocycles. The van der Waals surface area contributed by atoms with Gasteiger partial charge in [-0.2, -0.15) is 5.26 Å². The van der Waals surface area contributed by atoms with Gasteiger partial charge in [-0.25, -0.2) is 4.98 Å². The molecule has 0 saturated carbocycles. The summed E-state index contributed by atoms with van der Waals surface area (Å²) in [6.45, 7) is 0.522. The molecule has 1 unspecified atom stereocenters. The zero-order valence-electron chi connectivity index (χ0n) is 9.93. The number of aromatic nitrogens is 1. The molecule has 4 nitrogen and oxygen atoms in total. The number of nitrogens with one attached hydrogen (secondary N) is 1. The van der Waals surface area contributed by atoms with Crippen molar-refractivity contribution in [3.05, 3.63) is 52.7 Å². The lowest BCUT2D eigenvalue weighted by Gasteiger charge is -2.13. The van der Waals surface area contributed by atoms with E-state index in [-0.39, 0.29) is 6.04 Å². The van der Waals surface area contributed by atoms with Crippen molar-refractivity contribution in [3.8, 4) is 11.8 Å². The van der Waals surface area contributed by atoms with Crippen LogP contribution in [0, 0.1) is 11.3 Å². The van der Waals surface area contributed by atoms with E-state index >= 15 is 0 Å². The van der Waals surface area contributed by atoms with Gasteiger partial charge in [0.1, 0.15) is 29.3 Å². The van der Waals surface area contributed by atoms with Crippen LogP contribution in [-0.2, 0) is 0 Å². The van der Waals surface area contributed by atoms with Gasteiger partial charge in [-0.1, -0.05) is 29.8 Å². The lowest BCUT2D eigenvalue weighted by atomic mass is 10.1. The molecule has 0 bridgehead atoms. The van der Waals surface area contributed by atoms with E-state index in [9.17, 15) is 0 Å². The Kier molecular flexibility index (Phi) is 2.98. The molecule has 3 rings (SSSR count). The highest BCUT2D eigenvalue weighted by molar-refractivity contribution is 6.34. The number of para-hydroxylation sites is 1. The number of hydrogen-bond acceptors (Lipinski definition) is 4. The Bertz CT molecular complexity index is 666. The highest BCUT2D eigenvalue weighted by Gasteiger charge is 2.24. The number of benzene rings is 1. The van der Waals surface area contributed by atoms with Crippen LogP contribution in [0.25, 0.3) is 0 Å². The number of fused-ring (bicyclic) bond motifs is 1. The van der Waals surface area contributed by atoms with Gasteiger partial charge in [0.2, 0.25) is 0 Å². The molecule has 0 saturated heterocycles. The first-order valence-electron chi connectivity index (χ1n) is 5.82. The topological polar surface area (TPSA) is 57.9 Å². The van der Waals surface area contributed by atoms with Crippen LogP contribution >= 0.6 is 11.6 Å². The Balaban J connectivity index is 1.90. The van der Waals surface area contributed by atoms with Crippen LogP contribution in [-0.4, -0.2) is 11.6 Å². The number of hydrogen-bond donors (Lipinski definition) is 1. The fourth-order valence-corrected chi connectivity index (χ4v) is 2.29. The zero-order chi connectivity index (χ0) is 13.2. The van der Waals surface area contributed by atoms with Crippen molar-refractivity contribution in [1.29, 1.82) is 5.26 Å². The molecule has 1 aliphatic rings. The van der Waals surface area contributed by atoms with Crippen LogP contribution in [0.1, 0.15) is 17.2 Å². The highest BCUT2D eigenvalue weighted by atomic mass is 35.5. The van der Waals surface area contributed by atoms with Gasteiger partial charge < -0.3 is 10.1 Å². The summed E-state index contributed by atoms with van der Waals surface area (Å²) in [5.41, 5.74) is 1.48. The SMILES string of the molecule is N#Cc1ccnc(NC2COc3ccccc32)c1Cl. The van der Waals surface area contributed by atoms with Gasteiger partial charge in [0.25, 0.3) is 0 Å². The summed E-state index contributed by atoms with van der Waals surface area (Å²) in [5, 5.41) is 12.5. The first-order chi connectivity index (χ1) is 9.29. The van der Waals surface area contributed by atoms with Gasteiger partial charge in [0.05, 0.1) is 11.6 Å². The summed E-state index contributed by atoms with van der Waals surface area (Å²) < 4.78 is 5.58. The number of pyridine rings is 1. The first kappa shape index (κ1) is 11.8. The maximum Gasteiger partial charge on any atom is 0.146 e. The summed E-state index contributed by atoms with van der Waals surface area (Å²) in [6, 6.07) is 11.4.